The first-order valence-electron chi connectivity index (χ1n) is 11.2. The molecule has 0 bridgehead atoms. The summed E-state index contributed by atoms with van der Waals surface area (Å²) in [5, 5.41) is 12.3. The molecular formula is C28H23BrN2O4. The zero-order valence-corrected chi connectivity index (χ0v) is 20.6. The topological polar surface area (TPSA) is 82.6 Å². The lowest BCUT2D eigenvalue weighted by Crippen LogP contribution is -2.31. The highest BCUT2D eigenvalue weighted by Crippen LogP contribution is 2.40. The van der Waals surface area contributed by atoms with Crippen molar-refractivity contribution in [3.63, 3.8) is 0 Å². The van der Waals surface area contributed by atoms with Gasteiger partial charge >= 0.3 is 0 Å². The second kappa shape index (κ2) is 9.43. The molecule has 0 saturated carbocycles. The van der Waals surface area contributed by atoms with Crippen molar-refractivity contribution in [3.05, 3.63) is 106 Å². The predicted molar refractivity (Wildman–Crippen MR) is 138 cm³/mol. The fraction of sp³-hybridized carbons (Fsp3) is 0.143. The van der Waals surface area contributed by atoms with Gasteiger partial charge in [0, 0.05) is 33.7 Å². The standard InChI is InChI=1S/C28H23BrN2O4/c1-35-21-12-8-18(9-13-21)26(32)24-25(17-6-10-20(29)11-7-17)31(28(34)27(24)33)15-14-19-16-30-23-5-3-2-4-22(19)23/h2-13,16,25,30,32H,14-15H2,1H3/t25-/m0/s1. The molecule has 4 aromatic rings. The Bertz CT molecular complexity index is 1440. The number of likely N-dealkylation sites (tertiary alicyclic amines) is 1. The van der Waals surface area contributed by atoms with Crippen molar-refractivity contribution in [2.24, 2.45) is 0 Å². The molecule has 5 rings (SSSR count). The Labute approximate surface area is 211 Å². The quantitative estimate of drug-likeness (QED) is 0.193. The normalized spacial score (nSPS) is 17.3. The SMILES string of the molecule is COc1ccc(C(O)=C2C(=O)C(=O)N(CCc3c[nH]c4ccccc34)[C@H]2c2ccc(Br)cc2)cc1. The summed E-state index contributed by atoms with van der Waals surface area (Å²) in [5.41, 5.74) is 3.37. The number of methoxy groups -OCH3 is 1. The summed E-state index contributed by atoms with van der Waals surface area (Å²) in [6.07, 6.45) is 2.50. The van der Waals surface area contributed by atoms with E-state index in [4.69, 9.17) is 4.74 Å². The highest BCUT2D eigenvalue weighted by molar-refractivity contribution is 9.10. The summed E-state index contributed by atoms with van der Waals surface area (Å²) in [6.45, 7) is 0.326. The molecule has 2 heterocycles. The summed E-state index contributed by atoms with van der Waals surface area (Å²) in [6, 6.07) is 21.5. The number of amides is 1. The number of ether oxygens (including phenoxy) is 1. The third-order valence-corrected chi connectivity index (χ3v) is 6.91. The number of Topliss-reactive ketones (excluding diaryl/α,β-unsaturated/α-hetero) is 1. The summed E-state index contributed by atoms with van der Waals surface area (Å²) in [4.78, 5) is 31.3. The van der Waals surface area contributed by atoms with Crippen LogP contribution in [0.3, 0.4) is 0 Å². The van der Waals surface area contributed by atoms with Crippen molar-refractivity contribution < 1.29 is 19.4 Å². The highest BCUT2D eigenvalue weighted by atomic mass is 79.9. The molecule has 1 aliphatic heterocycles. The van der Waals surface area contributed by atoms with Gasteiger partial charge in [-0.15, -0.1) is 0 Å². The number of ketones is 1. The molecule has 7 heteroatoms. The van der Waals surface area contributed by atoms with Gasteiger partial charge in [0.15, 0.2) is 0 Å². The first kappa shape index (κ1) is 22.9. The van der Waals surface area contributed by atoms with Crippen LogP contribution in [0, 0.1) is 0 Å². The Morgan fingerprint density at radius 1 is 1.03 bits per heavy atom. The molecule has 1 aromatic heterocycles. The van der Waals surface area contributed by atoms with E-state index in [1.807, 2.05) is 54.7 Å². The molecule has 1 saturated heterocycles. The van der Waals surface area contributed by atoms with Crippen LogP contribution >= 0.6 is 15.9 Å². The van der Waals surface area contributed by atoms with Crippen molar-refractivity contribution >= 4 is 44.3 Å². The van der Waals surface area contributed by atoms with Crippen LogP contribution in [-0.4, -0.2) is 40.3 Å². The lowest BCUT2D eigenvalue weighted by atomic mass is 9.95. The summed E-state index contributed by atoms with van der Waals surface area (Å²) < 4.78 is 6.08. The molecule has 176 valence electrons. The number of hydrogen-bond acceptors (Lipinski definition) is 4. The third-order valence-electron chi connectivity index (χ3n) is 6.39. The number of aromatic amines is 1. The van der Waals surface area contributed by atoms with Gasteiger partial charge in [-0.25, -0.2) is 0 Å². The summed E-state index contributed by atoms with van der Waals surface area (Å²) in [5.74, 6) is -0.878. The van der Waals surface area contributed by atoms with E-state index in [1.54, 1.807) is 36.3 Å². The third kappa shape index (κ3) is 4.23. The average Bonchev–Trinajstić information content (AvgIpc) is 3.41. The fourth-order valence-corrected chi connectivity index (χ4v) is 4.85. The van der Waals surface area contributed by atoms with E-state index < -0.39 is 17.7 Å². The minimum Gasteiger partial charge on any atom is -0.507 e. The van der Waals surface area contributed by atoms with Crippen molar-refractivity contribution in [1.82, 2.24) is 9.88 Å². The molecule has 35 heavy (non-hydrogen) atoms. The van der Waals surface area contributed by atoms with Gasteiger partial charge in [-0.3, -0.25) is 9.59 Å². The number of nitrogens with zero attached hydrogens (tertiary/aromatic N) is 1. The Morgan fingerprint density at radius 3 is 2.46 bits per heavy atom. The van der Waals surface area contributed by atoms with Crippen LogP contribution in [0.1, 0.15) is 22.7 Å². The Kier molecular flexibility index (Phi) is 6.17. The smallest absolute Gasteiger partial charge is 0.295 e. The molecular weight excluding hydrogens is 508 g/mol. The van der Waals surface area contributed by atoms with E-state index in [2.05, 4.69) is 20.9 Å². The monoisotopic (exact) mass is 530 g/mol. The van der Waals surface area contributed by atoms with Gasteiger partial charge in [-0.1, -0.05) is 46.3 Å². The zero-order chi connectivity index (χ0) is 24.5. The van der Waals surface area contributed by atoms with Crippen LogP contribution in [0.2, 0.25) is 0 Å². The van der Waals surface area contributed by atoms with Crippen LogP contribution in [0.15, 0.2) is 89.0 Å². The van der Waals surface area contributed by atoms with E-state index in [0.717, 1.165) is 26.5 Å². The predicted octanol–water partition coefficient (Wildman–Crippen LogP) is 5.60. The van der Waals surface area contributed by atoms with Crippen molar-refractivity contribution in [3.8, 4) is 5.75 Å². The molecule has 1 fully saturated rings. The highest BCUT2D eigenvalue weighted by Gasteiger charge is 2.45. The first-order valence-corrected chi connectivity index (χ1v) is 12.0. The van der Waals surface area contributed by atoms with E-state index in [-0.39, 0.29) is 11.3 Å². The number of aromatic nitrogens is 1. The average molecular weight is 531 g/mol. The number of para-hydroxylation sites is 1. The molecule has 1 amide bonds. The van der Waals surface area contributed by atoms with Gasteiger partial charge in [0.25, 0.3) is 11.7 Å². The molecule has 1 aliphatic rings. The molecule has 0 aliphatic carbocycles. The molecule has 6 nitrogen and oxygen atoms in total. The Morgan fingerprint density at radius 2 is 1.74 bits per heavy atom. The number of nitrogens with one attached hydrogen (secondary N) is 1. The zero-order valence-electron chi connectivity index (χ0n) is 19.0. The van der Waals surface area contributed by atoms with Gasteiger partial charge in [0.2, 0.25) is 0 Å². The number of halogens is 1. The van der Waals surface area contributed by atoms with E-state index >= 15 is 0 Å². The molecule has 3 aromatic carbocycles. The van der Waals surface area contributed by atoms with Crippen LogP contribution in [0.25, 0.3) is 16.7 Å². The van der Waals surface area contributed by atoms with Crippen molar-refractivity contribution in [2.45, 2.75) is 12.5 Å². The van der Waals surface area contributed by atoms with Crippen molar-refractivity contribution in [1.29, 1.82) is 0 Å². The van der Waals surface area contributed by atoms with E-state index in [1.165, 1.54) is 0 Å². The van der Waals surface area contributed by atoms with Crippen LogP contribution in [0.4, 0.5) is 0 Å². The van der Waals surface area contributed by atoms with Crippen LogP contribution < -0.4 is 4.74 Å². The summed E-state index contributed by atoms with van der Waals surface area (Å²) in [7, 11) is 1.56. The van der Waals surface area contributed by atoms with Crippen molar-refractivity contribution in [2.75, 3.05) is 13.7 Å². The number of carbonyl (C=O) groups excluding carboxylic acids is 2. The number of fused-ring (bicyclic) bond motifs is 1. The van der Waals surface area contributed by atoms with Gasteiger partial charge < -0.3 is 19.7 Å². The van der Waals surface area contributed by atoms with E-state index in [9.17, 15) is 14.7 Å². The molecule has 0 unspecified atom stereocenters. The van der Waals surface area contributed by atoms with Gasteiger partial charge in [-0.05, 0) is 60.0 Å². The Balaban J connectivity index is 1.55. The summed E-state index contributed by atoms with van der Waals surface area (Å²) >= 11 is 3.44. The number of aliphatic hydroxyl groups is 1. The largest absolute Gasteiger partial charge is 0.507 e. The number of rotatable bonds is 6. The number of carbonyl (C=O) groups is 2. The fourth-order valence-electron chi connectivity index (χ4n) is 4.59. The number of hydrogen-bond donors (Lipinski definition) is 2. The van der Waals surface area contributed by atoms with Gasteiger partial charge in [-0.2, -0.15) is 0 Å². The minimum absolute atomic E-state index is 0.0846. The Hall–Kier alpha value is -3.84. The molecule has 1 atom stereocenters. The molecule has 2 N–H and O–H groups in total. The maximum Gasteiger partial charge on any atom is 0.295 e. The lowest BCUT2D eigenvalue weighted by Gasteiger charge is -2.25. The maximum absolute atomic E-state index is 13.2. The first-order chi connectivity index (χ1) is 17.0. The number of aliphatic hydroxyl groups excluding tert-OH is 1. The molecule has 0 radical (unpaired) electrons. The maximum atomic E-state index is 13.2. The lowest BCUT2D eigenvalue weighted by molar-refractivity contribution is -0.139. The van der Waals surface area contributed by atoms with Crippen LogP contribution in [-0.2, 0) is 16.0 Å². The molecule has 0 spiro atoms. The number of benzene rings is 3. The van der Waals surface area contributed by atoms with Gasteiger partial charge in [0.1, 0.15) is 11.5 Å². The van der Waals surface area contributed by atoms with Gasteiger partial charge in [0.05, 0.1) is 18.7 Å². The van der Waals surface area contributed by atoms with E-state index in [0.29, 0.717) is 24.3 Å². The second-order valence-electron chi connectivity index (χ2n) is 8.38. The second-order valence-corrected chi connectivity index (χ2v) is 9.30. The minimum atomic E-state index is -0.699. The van der Waals surface area contributed by atoms with Crippen LogP contribution in [0.5, 0.6) is 5.75 Å². The number of H-pyrrole nitrogens is 1.